The summed E-state index contributed by atoms with van der Waals surface area (Å²) < 4.78 is 0. The summed E-state index contributed by atoms with van der Waals surface area (Å²) in [6.07, 6.45) is 11.9. The molecule has 0 unspecified atom stereocenters. The van der Waals surface area contributed by atoms with Crippen molar-refractivity contribution >= 4 is 0 Å². The van der Waals surface area contributed by atoms with Gasteiger partial charge in [0.1, 0.15) is 0 Å². The molecule has 1 heterocycles. The molecule has 1 aromatic rings. The second-order valence-corrected chi connectivity index (χ2v) is 4.90. The summed E-state index contributed by atoms with van der Waals surface area (Å²) >= 11 is 0. The van der Waals surface area contributed by atoms with Crippen LogP contribution in [0.1, 0.15) is 50.6 Å². The Morgan fingerprint density at radius 3 is 2.94 bits per heavy atom. The van der Waals surface area contributed by atoms with Crippen LogP contribution in [0.3, 0.4) is 0 Å². The average Bonchev–Trinajstić information content (AvgIpc) is 2.96. The highest BCUT2D eigenvalue weighted by atomic mass is 15.1. The van der Waals surface area contributed by atoms with E-state index in [0.29, 0.717) is 0 Å². The third-order valence-corrected chi connectivity index (χ3v) is 3.56. The van der Waals surface area contributed by atoms with Gasteiger partial charge in [0, 0.05) is 18.4 Å². The summed E-state index contributed by atoms with van der Waals surface area (Å²) in [5, 5.41) is 10.3. The molecule has 1 saturated carbocycles. The van der Waals surface area contributed by atoms with E-state index in [1.807, 2.05) is 6.07 Å². The molecule has 0 radical (unpaired) electrons. The van der Waals surface area contributed by atoms with Gasteiger partial charge in [-0.25, -0.2) is 0 Å². The highest BCUT2D eigenvalue weighted by molar-refractivity contribution is 4.96. The van der Waals surface area contributed by atoms with Crippen LogP contribution in [0, 0.1) is 5.92 Å². The predicted octanol–water partition coefficient (Wildman–Crippen LogP) is 2.86. The summed E-state index contributed by atoms with van der Waals surface area (Å²) in [7, 11) is 0. The third kappa shape index (κ3) is 3.97. The topological polar surface area (TPSA) is 40.7 Å². The molecule has 1 fully saturated rings. The number of nitrogens with one attached hydrogen (secondary N) is 2. The van der Waals surface area contributed by atoms with Crippen molar-refractivity contribution in [2.75, 3.05) is 6.54 Å². The SMILES string of the molecule is c1cc(CNCCCCC2CCCC2)[nH]n1. The molecule has 3 nitrogen and oxygen atoms in total. The Labute approximate surface area is 98.0 Å². The van der Waals surface area contributed by atoms with Crippen molar-refractivity contribution in [3.63, 3.8) is 0 Å². The lowest BCUT2D eigenvalue weighted by Gasteiger charge is -2.08. The minimum Gasteiger partial charge on any atom is -0.311 e. The maximum absolute atomic E-state index is 3.92. The maximum Gasteiger partial charge on any atom is 0.0490 e. The van der Waals surface area contributed by atoms with Gasteiger partial charge >= 0.3 is 0 Å². The minimum atomic E-state index is 0.920. The average molecular weight is 221 g/mol. The zero-order valence-corrected chi connectivity index (χ0v) is 10.0. The van der Waals surface area contributed by atoms with E-state index in [1.54, 1.807) is 6.20 Å². The molecule has 2 N–H and O–H groups in total. The maximum atomic E-state index is 3.92. The van der Waals surface area contributed by atoms with E-state index in [1.165, 1.54) is 50.6 Å². The molecule has 0 spiro atoms. The number of nitrogens with zero attached hydrogens (tertiary/aromatic N) is 1. The van der Waals surface area contributed by atoms with Crippen molar-refractivity contribution in [1.29, 1.82) is 0 Å². The smallest absolute Gasteiger partial charge is 0.0490 e. The molecule has 0 amide bonds. The van der Waals surface area contributed by atoms with Crippen molar-refractivity contribution in [3.05, 3.63) is 18.0 Å². The second kappa shape index (κ2) is 6.69. The molecule has 1 aliphatic carbocycles. The Morgan fingerprint density at radius 1 is 1.31 bits per heavy atom. The van der Waals surface area contributed by atoms with Crippen LogP contribution in [0.4, 0.5) is 0 Å². The first-order valence-electron chi connectivity index (χ1n) is 6.64. The van der Waals surface area contributed by atoms with Crippen molar-refractivity contribution < 1.29 is 0 Å². The molecule has 0 aromatic carbocycles. The van der Waals surface area contributed by atoms with Gasteiger partial charge in [0.05, 0.1) is 0 Å². The number of H-pyrrole nitrogens is 1. The van der Waals surface area contributed by atoms with Crippen LogP contribution in [-0.2, 0) is 6.54 Å². The molecular formula is C13H23N3. The lowest BCUT2D eigenvalue weighted by Crippen LogP contribution is -2.15. The molecule has 3 heteroatoms. The minimum absolute atomic E-state index is 0.920. The highest BCUT2D eigenvalue weighted by Gasteiger charge is 2.13. The number of unbranched alkanes of at least 4 members (excludes halogenated alkanes) is 1. The lowest BCUT2D eigenvalue weighted by molar-refractivity contribution is 0.466. The number of hydrogen-bond acceptors (Lipinski definition) is 2. The Balaban J connectivity index is 1.43. The largest absolute Gasteiger partial charge is 0.311 e. The van der Waals surface area contributed by atoms with E-state index in [-0.39, 0.29) is 0 Å². The van der Waals surface area contributed by atoms with Crippen LogP contribution in [-0.4, -0.2) is 16.7 Å². The molecule has 90 valence electrons. The second-order valence-electron chi connectivity index (χ2n) is 4.90. The fourth-order valence-corrected chi connectivity index (χ4v) is 2.59. The van der Waals surface area contributed by atoms with Crippen LogP contribution in [0.2, 0.25) is 0 Å². The van der Waals surface area contributed by atoms with Gasteiger partial charge in [0.15, 0.2) is 0 Å². The van der Waals surface area contributed by atoms with Crippen LogP contribution in [0.5, 0.6) is 0 Å². The van der Waals surface area contributed by atoms with Crippen molar-refractivity contribution in [3.8, 4) is 0 Å². The Bertz CT molecular complexity index is 263. The summed E-state index contributed by atoms with van der Waals surface area (Å²) in [5.41, 5.74) is 1.18. The van der Waals surface area contributed by atoms with Gasteiger partial charge in [-0.1, -0.05) is 38.5 Å². The Kier molecular flexibility index (Phi) is 4.87. The molecule has 2 rings (SSSR count). The molecule has 0 atom stereocenters. The van der Waals surface area contributed by atoms with Crippen molar-refractivity contribution in [2.24, 2.45) is 5.92 Å². The van der Waals surface area contributed by atoms with E-state index in [9.17, 15) is 0 Å². The van der Waals surface area contributed by atoms with Gasteiger partial charge in [-0.05, 0) is 24.9 Å². The monoisotopic (exact) mass is 221 g/mol. The lowest BCUT2D eigenvalue weighted by atomic mass is 10.0. The summed E-state index contributed by atoms with van der Waals surface area (Å²) in [6.45, 7) is 2.05. The van der Waals surface area contributed by atoms with E-state index < -0.39 is 0 Å². The zero-order chi connectivity index (χ0) is 11.1. The van der Waals surface area contributed by atoms with E-state index >= 15 is 0 Å². The number of aromatic nitrogens is 2. The van der Waals surface area contributed by atoms with Crippen LogP contribution < -0.4 is 5.32 Å². The van der Waals surface area contributed by atoms with Crippen LogP contribution in [0.15, 0.2) is 12.3 Å². The fraction of sp³-hybridized carbons (Fsp3) is 0.769. The summed E-state index contributed by atoms with van der Waals surface area (Å²) in [5.74, 6) is 1.05. The molecule has 0 aliphatic heterocycles. The first-order chi connectivity index (χ1) is 7.95. The van der Waals surface area contributed by atoms with E-state index in [4.69, 9.17) is 0 Å². The summed E-state index contributed by atoms with van der Waals surface area (Å²) in [4.78, 5) is 0. The standard InChI is InChI=1S/C13H23N3/c1-2-6-12(5-1)7-3-4-9-14-11-13-8-10-15-16-13/h8,10,12,14H,1-7,9,11H2,(H,15,16). The van der Waals surface area contributed by atoms with Gasteiger partial charge in [0.2, 0.25) is 0 Å². The predicted molar refractivity (Wildman–Crippen MR) is 66.1 cm³/mol. The Morgan fingerprint density at radius 2 is 2.19 bits per heavy atom. The number of hydrogen-bond donors (Lipinski definition) is 2. The molecule has 1 aromatic heterocycles. The van der Waals surface area contributed by atoms with Crippen LogP contribution in [0.25, 0.3) is 0 Å². The molecule has 0 saturated heterocycles. The quantitative estimate of drug-likeness (QED) is 0.695. The first-order valence-corrected chi connectivity index (χ1v) is 6.64. The number of rotatable bonds is 7. The number of aromatic amines is 1. The molecule has 16 heavy (non-hydrogen) atoms. The third-order valence-electron chi connectivity index (χ3n) is 3.56. The zero-order valence-electron chi connectivity index (χ0n) is 10.0. The fourth-order valence-electron chi connectivity index (χ4n) is 2.59. The van der Waals surface area contributed by atoms with Gasteiger partial charge in [-0.3, -0.25) is 5.10 Å². The highest BCUT2D eigenvalue weighted by Crippen LogP contribution is 2.28. The molecular weight excluding hydrogens is 198 g/mol. The van der Waals surface area contributed by atoms with Gasteiger partial charge < -0.3 is 5.32 Å². The first kappa shape index (κ1) is 11.6. The molecule has 0 bridgehead atoms. The van der Waals surface area contributed by atoms with Gasteiger partial charge in [-0.15, -0.1) is 0 Å². The van der Waals surface area contributed by atoms with Crippen molar-refractivity contribution in [1.82, 2.24) is 15.5 Å². The van der Waals surface area contributed by atoms with Gasteiger partial charge in [-0.2, -0.15) is 5.10 Å². The normalized spacial score (nSPS) is 17.0. The van der Waals surface area contributed by atoms with E-state index in [2.05, 4.69) is 15.5 Å². The van der Waals surface area contributed by atoms with Crippen molar-refractivity contribution in [2.45, 2.75) is 51.5 Å². The molecule has 1 aliphatic rings. The Hall–Kier alpha value is -0.830. The van der Waals surface area contributed by atoms with Crippen LogP contribution >= 0.6 is 0 Å². The van der Waals surface area contributed by atoms with Gasteiger partial charge in [0.25, 0.3) is 0 Å². The summed E-state index contributed by atoms with van der Waals surface area (Å²) in [6, 6.07) is 2.02. The van der Waals surface area contributed by atoms with E-state index in [0.717, 1.165) is 19.0 Å².